The van der Waals surface area contributed by atoms with Gasteiger partial charge in [0.2, 0.25) is 5.91 Å². The number of para-hydroxylation sites is 1. The summed E-state index contributed by atoms with van der Waals surface area (Å²) in [5, 5.41) is 22.0. The lowest BCUT2D eigenvalue weighted by Gasteiger charge is -2.41. The third-order valence-electron chi connectivity index (χ3n) is 14.3. The molecule has 4 N–H and O–H groups in total. The molecule has 5 aromatic rings. The highest BCUT2D eigenvalue weighted by Gasteiger charge is 2.46. The van der Waals surface area contributed by atoms with Gasteiger partial charge in [-0.15, -0.1) is 10.2 Å². The SMILES string of the molecule is Cc1cc(C(=O)N2CCC(F)(CN3CCC(n4cc(C5CC5)c5cc(N6CCC(=O)NC6=O)cnc54)CC3)CC2)ccc1[C@@H]1CN(c2cc(-c3ccccc3O)nnc2N)CCC1(F)F. The van der Waals surface area contributed by atoms with E-state index in [-0.39, 0.29) is 74.9 Å². The first-order valence-corrected chi connectivity index (χ1v) is 22.7. The molecule has 0 radical (unpaired) electrons. The number of carbonyl (C=O) groups is 3. The Labute approximate surface area is 374 Å². The summed E-state index contributed by atoms with van der Waals surface area (Å²) in [6.07, 6.45) is 8.09. The largest absolute Gasteiger partial charge is 0.507 e. The molecule has 10 rings (SSSR count). The Balaban J connectivity index is 0.755. The number of imide groups is 1. The van der Waals surface area contributed by atoms with E-state index in [0.717, 1.165) is 49.8 Å². The lowest BCUT2D eigenvalue weighted by atomic mass is 9.84. The number of nitrogens with two attached hydrogens (primary N) is 1. The average molecular weight is 891 g/mol. The van der Waals surface area contributed by atoms with Crippen LogP contribution in [0.15, 0.2) is 67.0 Å². The number of nitrogens with one attached hydrogen (secondary N) is 1. The van der Waals surface area contributed by atoms with Crippen LogP contribution in [-0.4, -0.2) is 116 Å². The molecule has 340 valence electrons. The van der Waals surface area contributed by atoms with Crippen molar-refractivity contribution in [2.45, 2.75) is 87.8 Å². The van der Waals surface area contributed by atoms with Crippen LogP contribution in [0.3, 0.4) is 0 Å². The van der Waals surface area contributed by atoms with Crippen LogP contribution in [0.2, 0.25) is 0 Å². The number of aromatic nitrogens is 4. The number of piperidine rings is 3. The summed E-state index contributed by atoms with van der Waals surface area (Å²) in [6.45, 7) is 4.32. The Kier molecular flexibility index (Phi) is 10.9. The standard InChI is InChI=1S/C48H53F3N10O4/c1-29-22-31(8-9-34(29)38-27-59(21-15-48(38,50)51)40-24-39(55-56-43(40)52)35-4-2-3-5-41(35)62)45(64)58-19-13-47(49,14-20-58)28-57-16-10-32(11-17-57)61-26-37(30-6-7-30)36-23-33(25-53-44(36)61)60-18-12-42(63)54-46(60)65/h2-5,8-9,22-26,30,32,38,62H,6-7,10-21,27-28H2,1H3,(H2,52,56)(H,54,63,65)/t38-/m0/s1. The highest BCUT2D eigenvalue weighted by Crippen LogP contribution is 2.47. The Morgan fingerprint density at radius 1 is 0.908 bits per heavy atom. The van der Waals surface area contributed by atoms with Crippen LogP contribution in [0.5, 0.6) is 5.75 Å². The van der Waals surface area contributed by atoms with Crippen molar-refractivity contribution in [3.8, 4) is 17.0 Å². The smallest absolute Gasteiger partial charge is 0.328 e. The van der Waals surface area contributed by atoms with Crippen molar-refractivity contribution < 1.29 is 32.7 Å². The maximum absolute atomic E-state index is 16.5. The second kappa shape index (κ2) is 16.6. The van der Waals surface area contributed by atoms with Gasteiger partial charge in [-0.05, 0) is 91.6 Å². The zero-order valence-electron chi connectivity index (χ0n) is 36.4. The number of halogens is 3. The molecule has 4 amide bonds. The molecule has 2 aromatic carbocycles. The Bertz CT molecular complexity index is 2670. The molecule has 5 aliphatic rings. The fourth-order valence-electron chi connectivity index (χ4n) is 10.4. The van der Waals surface area contributed by atoms with E-state index in [1.165, 1.54) is 11.6 Å². The van der Waals surface area contributed by atoms with Gasteiger partial charge < -0.3 is 30.1 Å². The first-order valence-electron chi connectivity index (χ1n) is 22.7. The van der Waals surface area contributed by atoms with Crippen LogP contribution in [0, 0.1) is 6.92 Å². The summed E-state index contributed by atoms with van der Waals surface area (Å²) in [7, 11) is 0. The molecule has 7 heterocycles. The number of fused-ring (bicyclic) bond motifs is 1. The predicted molar refractivity (Wildman–Crippen MR) is 240 cm³/mol. The summed E-state index contributed by atoms with van der Waals surface area (Å²) in [5.74, 6) is -4.15. The second-order valence-corrected chi connectivity index (χ2v) is 18.6. The van der Waals surface area contributed by atoms with Gasteiger partial charge in [0, 0.05) is 107 Å². The van der Waals surface area contributed by atoms with Crippen LogP contribution in [0.4, 0.5) is 35.2 Å². The molecule has 5 fully saturated rings. The molecule has 0 spiro atoms. The number of likely N-dealkylation sites (tertiary alicyclic amines) is 2. The molecule has 4 saturated heterocycles. The van der Waals surface area contributed by atoms with E-state index < -0.39 is 30.0 Å². The minimum Gasteiger partial charge on any atom is -0.507 e. The molecular formula is C48H53F3N10O4. The number of rotatable bonds is 9. The maximum atomic E-state index is 16.5. The first-order chi connectivity index (χ1) is 31.2. The zero-order valence-corrected chi connectivity index (χ0v) is 36.4. The normalized spacial score (nSPS) is 21.8. The molecule has 14 nitrogen and oxygen atoms in total. The molecule has 0 bridgehead atoms. The van der Waals surface area contributed by atoms with Gasteiger partial charge in [0.1, 0.15) is 17.1 Å². The van der Waals surface area contributed by atoms with Crippen molar-refractivity contribution in [3.63, 3.8) is 0 Å². The number of aryl methyl sites for hydroxylation is 1. The van der Waals surface area contributed by atoms with Crippen LogP contribution >= 0.6 is 0 Å². The summed E-state index contributed by atoms with van der Waals surface area (Å²) in [4.78, 5) is 50.2. The van der Waals surface area contributed by atoms with Crippen molar-refractivity contribution in [2.24, 2.45) is 0 Å². The van der Waals surface area contributed by atoms with Crippen LogP contribution in [0.25, 0.3) is 22.3 Å². The quantitative estimate of drug-likeness (QED) is 0.137. The van der Waals surface area contributed by atoms with E-state index in [1.807, 2.05) is 6.07 Å². The van der Waals surface area contributed by atoms with E-state index in [2.05, 4.69) is 31.2 Å². The van der Waals surface area contributed by atoms with Gasteiger partial charge in [-0.2, -0.15) is 0 Å². The van der Waals surface area contributed by atoms with E-state index in [0.29, 0.717) is 58.3 Å². The van der Waals surface area contributed by atoms with Crippen molar-refractivity contribution in [1.82, 2.24) is 34.9 Å². The zero-order chi connectivity index (χ0) is 45.2. The number of phenols is 1. The molecule has 1 aliphatic carbocycles. The van der Waals surface area contributed by atoms with Gasteiger partial charge in [-0.1, -0.05) is 18.2 Å². The monoisotopic (exact) mass is 890 g/mol. The summed E-state index contributed by atoms with van der Waals surface area (Å²) in [5.41, 5.74) is 10.3. The molecule has 1 saturated carbocycles. The third kappa shape index (κ3) is 8.34. The van der Waals surface area contributed by atoms with E-state index in [9.17, 15) is 19.5 Å². The number of carbonyl (C=O) groups excluding carboxylic acids is 3. The fraction of sp³-hybridized carbons (Fsp3) is 0.458. The Hall–Kier alpha value is -6.23. The fourth-order valence-corrected chi connectivity index (χ4v) is 10.4. The molecular weight excluding hydrogens is 838 g/mol. The number of aromatic hydroxyl groups is 1. The predicted octanol–water partition coefficient (Wildman–Crippen LogP) is 7.32. The number of hydrogen-bond acceptors (Lipinski definition) is 10. The number of urea groups is 1. The number of phenolic OH excluding ortho intramolecular Hbond substituents is 1. The number of amides is 4. The lowest BCUT2D eigenvalue weighted by molar-refractivity contribution is -0.120. The number of pyridine rings is 1. The lowest BCUT2D eigenvalue weighted by Crippen LogP contribution is -2.51. The molecule has 1 atom stereocenters. The summed E-state index contributed by atoms with van der Waals surface area (Å²) >= 11 is 0. The highest BCUT2D eigenvalue weighted by molar-refractivity contribution is 6.06. The molecule has 3 aromatic heterocycles. The van der Waals surface area contributed by atoms with Crippen LogP contribution in [-0.2, 0) is 4.79 Å². The number of anilines is 3. The van der Waals surface area contributed by atoms with Gasteiger partial charge in [0.05, 0.1) is 29.2 Å². The molecule has 0 unspecified atom stereocenters. The third-order valence-corrected chi connectivity index (χ3v) is 14.3. The maximum Gasteiger partial charge on any atom is 0.328 e. The number of alkyl halides is 3. The second-order valence-electron chi connectivity index (χ2n) is 18.6. The van der Waals surface area contributed by atoms with Gasteiger partial charge in [-0.3, -0.25) is 19.8 Å². The van der Waals surface area contributed by atoms with E-state index in [4.69, 9.17) is 10.7 Å². The van der Waals surface area contributed by atoms with Gasteiger partial charge in [0.15, 0.2) is 5.82 Å². The molecule has 17 heteroatoms. The Morgan fingerprint density at radius 2 is 1.68 bits per heavy atom. The highest BCUT2D eigenvalue weighted by atomic mass is 19.3. The van der Waals surface area contributed by atoms with Crippen molar-refractivity contribution in [3.05, 3.63) is 89.2 Å². The number of benzene rings is 2. The van der Waals surface area contributed by atoms with E-state index in [1.54, 1.807) is 70.3 Å². The minimum absolute atomic E-state index is 0.0144. The Morgan fingerprint density at radius 3 is 2.40 bits per heavy atom. The summed E-state index contributed by atoms with van der Waals surface area (Å²) in [6, 6.07) is 15.0. The molecule has 4 aliphatic heterocycles. The van der Waals surface area contributed by atoms with Crippen molar-refractivity contribution in [2.75, 3.05) is 67.9 Å². The van der Waals surface area contributed by atoms with Crippen LogP contribution in [0.1, 0.15) is 96.3 Å². The van der Waals surface area contributed by atoms with Crippen molar-refractivity contribution in [1.29, 1.82) is 0 Å². The minimum atomic E-state index is -3.02. The van der Waals surface area contributed by atoms with Gasteiger partial charge in [-0.25, -0.2) is 22.9 Å². The van der Waals surface area contributed by atoms with E-state index >= 15 is 13.2 Å². The number of hydrogen-bond donors (Lipinski definition) is 3. The van der Waals surface area contributed by atoms with Crippen molar-refractivity contribution >= 4 is 46.1 Å². The topological polar surface area (TPSA) is 166 Å². The molecule has 65 heavy (non-hydrogen) atoms. The summed E-state index contributed by atoms with van der Waals surface area (Å²) < 4.78 is 50.2. The van der Waals surface area contributed by atoms with Crippen LogP contribution < -0.4 is 20.9 Å². The first kappa shape index (κ1) is 42.7. The average Bonchev–Trinajstić information content (AvgIpc) is 4.07. The number of nitrogens with zero attached hydrogens (tertiary/aromatic N) is 8. The van der Waals surface area contributed by atoms with Gasteiger partial charge >= 0.3 is 6.03 Å². The number of nitrogen functional groups attached to an aromatic ring is 1. The van der Waals surface area contributed by atoms with Gasteiger partial charge in [0.25, 0.3) is 11.8 Å².